The van der Waals surface area contributed by atoms with Gasteiger partial charge in [-0.2, -0.15) is 9.15 Å². The fourth-order valence-corrected chi connectivity index (χ4v) is 12.6. The molecular formula is C76H90N4O3+4. The number of nitrogens with zero attached hydrogens (tertiary/aromatic N) is 4. The van der Waals surface area contributed by atoms with Crippen LogP contribution in [0.15, 0.2) is 185 Å². The first-order chi connectivity index (χ1) is 40.6. The van der Waals surface area contributed by atoms with Crippen LogP contribution in [-0.2, 0) is 66.1 Å². The average molecular weight is 1110 g/mol. The molecule has 0 saturated carbocycles. The maximum Gasteiger partial charge on any atom is 0.334 e. The zero-order valence-electron chi connectivity index (χ0n) is 52.0. The summed E-state index contributed by atoms with van der Waals surface area (Å²) in [5, 5.41) is 0. The molecule has 0 spiro atoms. The van der Waals surface area contributed by atoms with Gasteiger partial charge in [0.25, 0.3) is 0 Å². The highest BCUT2D eigenvalue weighted by atomic mass is 16.5. The van der Waals surface area contributed by atoms with Crippen LogP contribution >= 0.6 is 0 Å². The van der Waals surface area contributed by atoms with E-state index in [0.717, 1.165) is 97.0 Å². The van der Waals surface area contributed by atoms with Crippen LogP contribution in [0.1, 0.15) is 159 Å². The van der Waals surface area contributed by atoms with Crippen molar-refractivity contribution in [2.75, 3.05) is 14.1 Å². The lowest BCUT2D eigenvalue weighted by Gasteiger charge is -2.08. The monoisotopic (exact) mass is 1110 g/mol. The Labute approximate surface area is 496 Å². The second-order valence-electron chi connectivity index (χ2n) is 21.8. The minimum absolute atomic E-state index is 0.225. The number of ketones is 1. The van der Waals surface area contributed by atoms with Gasteiger partial charge in [0.1, 0.15) is 33.5 Å². The number of hydrogen-bond donors (Lipinski definition) is 0. The number of carbonyl (C=O) groups is 2. The van der Waals surface area contributed by atoms with Crippen LogP contribution in [0.4, 0.5) is 22.7 Å². The Bertz CT molecular complexity index is 3410. The van der Waals surface area contributed by atoms with Crippen molar-refractivity contribution in [3.05, 3.63) is 229 Å². The van der Waals surface area contributed by atoms with Gasteiger partial charge in [0.05, 0.1) is 25.7 Å². The van der Waals surface area contributed by atoms with Gasteiger partial charge in [-0.1, -0.05) is 188 Å². The molecule has 0 N–H and O–H groups in total. The first-order valence-electron chi connectivity index (χ1n) is 31.0. The highest BCUT2D eigenvalue weighted by molar-refractivity contribution is 6.06. The van der Waals surface area contributed by atoms with E-state index in [-0.39, 0.29) is 18.4 Å². The second kappa shape index (κ2) is 28.9. The van der Waals surface area contributed by atoms with Gasteiger partial charge in [-0.05, 0) is 61.0 Å². The smallest absolute Gasteiger partial charge is 0.334 e. The van der Waals surface area contributed by atoms with Gasteiger partial charge in [0.15, 0.2) is 41.7 Å². The number of esters is 1. The van der Waals surface area contributed by atoms with E-state index in [1.807, 2.05) is 62.3 Å². The zero-order valence-corrected chi connectivity index (χ0v) is 52.0. The lowest BCUT2D eigenvalue weighted by atomic mass is 9.99. The van der Waals surface area contributed by atoms with E-state index in [0.29, 0.717) is 32.1 Å². The molecule has 0 fully saturated rings. The summed E-state index contributed by atoms with van der Waals surface area (Å²) in [6, 6.07) is 52.5. The molecule has 7 nitrogen and oxygen atoms in total. The fourth-order valence-electron chi connectivity index (χ4n) is 12.6. The Balaban J connectivity index is 0.00000108. The van der Waals surface area contributed by atoms with E-state index >= 15 is 0 Å². The normalized spacial score (nSPS) is 15.4. The molecule has 2 aliphatic carbocycles. The standard InChI is InChI=1S/C68H66N4O3.4C2H6/c1-45-31-51(34-61(45)67(73)30-29-47-21-23-48(24-22-47)42-71-59(38-55-15-7-11-19-65(55)71)40-57-36-53-13-5-9-17-63(53)69(57)3)33-52-32-46(2)62(35-52)68(74)75-44-50-27-25-49(26-28-50)43-72-60(39-56-16-8-12-20-66(56)72)41-58-37-54-14-6-10-18-64(54)70(58)4;4*1-2/h5-28H,29-32,34-44H2,1-4H3;4*1-2H3/q+4;;;;. The molecule has 0 bridgehead atoms. The molecule has 0 amide bonds. The number of fused-ring (bicyclic) bond motifs is 4. The summed E-state index contributed by atoms with van der Waals surface area (Å²) in [6.45, 7) is 22.0. The van der Waals surface area contributed by atoms with E-state index in [9.17, 15) is 9.59 Å². The first kappa shape index (κ1) is 61.2. The van der Waals surface area contributed by atoms with Gasteiger partial charge in [0, 0.05) is 82.5 Å². The minimum Gasteiger partial charge on any atom is -0.457 e. The van der Waals surface area contributed by atoms with E-state index < -0.39 is 0 Å². The molecule has 0 saturated heterocycles. The molecule has 428 valence electrons. The number of carbonyl (C=O) groups excluding carboxylic acids is 2. The Kier molecular flexibility index (Phi) is 21.3. The van der Waals surface area contributed by atoms with Crippen molar-refractivity contribution in [1.29, 1.82) is 0 Å². The van der Waals surface area contributed by atoms with Crippen LogP contribution in [0.2, 0.25) is 0 Å². The SMILES string of the molecule is CC.CC.CC.CC.CC1=C(C(=O)CCc2ccc(C[N+]3=C(CC4=[N+](C)c5ccccc5C4)Cc4ccccc43)cc2)CC(=C=C2CC(C)=C(C(=O)OCc3ccc(C[N+]4=C(CC5=[N+](C)c6ccccc6C5)Cc5ccccc54)cc3)C2)C1. The molecule has 12 rings (SSSR count). The van der Waals surface area contributed by atoms with Crippen molar-refractivity contribution in [3.8, 4) is 0 Å². The average Bonchev–Trinajstić information content (AvgIpc) is 4.35. The molecule has 6 aromatic carbocycles. The summed E-state index contributed by atoms with van der Waals surface area (Å²) in [5.41, 5.74) is 31.0. The third-order valence-corrected chi connectivity index (χ3v) is 16.8. The van der Waals surface area contributed by atoms with Crippen molar-refractivity contribution in [3.63, 3.8) is 0 Å². The molecule has 4 aliphatic heterocycles. The van der Waals surface area contributed by atoms with Crippen LogP contribution in [0, 0.1) is 0 Å². The number of para-hydroxylation sites is 4. The van der Waals surface area contributed by atoms with E-state index in [1.165, 1.54) is 84.5 Å². The highest BCUT2D eigenvalue weighted by Crippen LogP contribution is 2.37. The largest absolute Gasteiger partial charge is 0.457 e. The maximum atomic E-state index is 13.7. The number of ether oxygens (including phenoxy) is 1. The van der Waals surface area contributed by atoms with Crippen LogP contribution in [0.5, 0.6) is 0 Å². The van der Waals surface area contributed by atoms with Gasteiger partial charge >= 0.3 is 5.97 Å². The number of allylic oxidation sites excluding steroid dienone is 4. The minimum atomic E-state index is -0.255. The predicted molar refractivity (Wildman–Crippen MR) is 345 cm³/mol. The fraction of sp³-hybridized carbons (Fsp3) is 0.355. The lowest BCUT2D eigenvalue weighted by molar-refractivity contribution is -0.456. The van der Waals surface area contributed by atoms with Gasteiger partial charge in [-0.25, -0.2) is 13.9 Å². The Morgan fingerprint density at radius 2 is 0.783 bits per heavy atom. The topological polar surface area (TPSA) is 55.4 Å². The lowest BCUT2D eigenvalue weighted by Crippen LogP contribution is -2.20. The summed E-state index contributed by atoms with van der Waals surface area (Å²) < 4.78 is 15.7. The number of aryl methyl sites for hydroxylation is 1. The van der Waals surface area contributed by atoms with E-state index in [1.54, 1.807) is 0 Å². The van der Waals surface area contributed by atoms with Crippen LogP contribution in [-0.4, -0.2) is 67.0 Å². The molecule has 7 heteroatoms. The number of benzene rings is 6. The van der Waals surface area contributed by atoms with Crippen molar-refractivity contribution < 1.29 is 32.6 Å². The third kappa shape index (κ3) is 14.0. The quantitative estimate of drug-likeness (QED) is 0.0585. The van der Waals surface area contributed by atoms with Gasteiger partial charge in [-0.3, -0.25) is 4.79 Å². The number of rotatable bonds is 15. The van der Waals surface area contributed by atoms with Crippen molar-refractivity contribution >= 4 is 57.3 Å². The predicted octanol–water partition coefficient (Wildman–Crippen LogP) is 17.1. The second-order valence-corrected chi connectivity index (χ2v) is 21.8. The Morgan fingerprint density at radius 3 is 1.23 bits per heavy atom. The van der Waals surface area contributed by atoms with Crippen molar-refractivity contribution in [1.82, 2.24) is 0 Å². The molecule has 6 aromatic rings. The third-order valence-electron chi connectivity index (χ3n) is 16.8. The molecule has 83 heavy (non-hydrogen) atoms. The molecule has 0 aromatic heterocycles. The summed E-state index contributed by atoms with van der Waals surface area (Å²) in [7, 11) is 4.41. The first-order valence-corrected chi connectivity index (χ1v) is 31.0. The zero-order chi connectivity index (χ0) is 59.2. The summed E-state index contributed by atoms with van der Waals surface area (Å²) in [4.78, 5) is 27.3. The summed E-state index contributed by atoms with van der Waals surface area (Å²) in [6.07, 6.45) is 9.66. The highest BCUT2D eigenvalue weighted by Gasteiger charge is 2.37. The number of Topliss-reactive ketones (excluding diaryl/α,β-unsaturated/α-hetero) is 1. The van der Waals surface area contributed by atoms with E-state index in [4.69, 9.17) is 4.74 Å². The number of hydrogen-bond acceptors (Lipinski definition) is 3. The van der Waals surface area contributed by atoms with E-state index in [2.05, 4.69) is 191 Å². The molecule has 0 radical (unpaired) electrons. The molecule has 0 unspecified atom stereocenters. The Morgan fingerprint density at radius 1 is 0.422 bits per heavy atom. The summed E-state index contributed by atoms with van der Waals surface area (Å²) in [5.74, 6) is -0.0292. The molecule has 0 atom stereocenters. The van der Waals surface area contributed by atoms with Crippen molar-refractivity contribution in [2.24, 2.45) is 0 Å². The van der Waals surface area contributed by atoms with Crippen LogP contribution in [0.25, 0.3) is 0 Å². The van der Waals surface area contributed by atoms with Gasteiger partial charge < -0.3 is 4.74 Å². The maximum absolute atomic E-state index is 13.7. The van der Waals surface area contributed by atoms with Crippen molar-refractivity contribution in [2.45, 2.75) is 166 Å². The molecule has 4 heterocycles. The Hall–Kier alpha value is -7.86. The van der Waals surface area contributed by atoms with Gasteiger partial charge in [-0.15, -0.1) is 5.73 Å². The van der Waals surface area contributed by atoms with Crippen LogP contribution in [0.3, 0.4) is 0 Å². The summed E-state index contributed by atoms with van der Waals surface area (Å²) >= 11 is 0. The molecule has 6 aliphatic rings. The van der Waals surface area contributed by atoms with Crippen LogP contribution < -0.4 is 0 Å². The van der Waals surface area contributed by atoms with Gasteiger partial charge in [0.2, 0.25) is 22.7 Å². The molecular weight excluding hydrogens is 1020 g/mol.